The molecule has 3 fully saturated rings. The van der Waals surface area contributed by atoms with Gasteiger partial charge >= 0.3 is 5.97 Å². The van der Waals surface area contributed by atoms with Crippen molar-refractivity contribution in [1.82, 2.24) is 10.2 Å². The number of likely N-dealkylation sites (tertiary alicyclic amines) is 1. The van der Waals surface area contributed by atoms with Gasteiger partial charge < -0.3 is 15.3 Å². The first kappa shape index (κ1) is 12.4. The molecule has 2 saturated heterocycles. The molecule has 2 heterocycles. The number of carbonyl (C=O) groups is 3. The number of rotatable bonds is 2. The molecular formula is C13H18N2O4. The molecule has 0 spiro atoms. The maximum Gasteiger partial charge on any atom is 0.326 e. The molecule has 0 aromatic carbocycles. The summed E-state index contributed by atoms with van der Waals surface area (Å²) < 4.78 is 0. The van der Waals surface area contributed by atoms with Crippen LogP contribution in [0.25, 0.3) is 0 Å². The van der Waals surface area contributed by atoms with Crippen molar-refractivity contribution in [3.8, 4) is 0 Å². The van der Waals surface area contributed by atoms with Gasteiger partial charge in [0.1, 0.15) is 12.1 Å². The predicted octanol–water partition coefficient (Wildman–Crippen LogP) is -0.0233. The Labute approximate surface area is 111 Å². The Morgan fingerprint density at radius 2 is 2.05 bits per heavy atom. The smallest absolute Gasteiger partial charge is 0.326 e. The third kappa shape index (κ3) is 1.99. The first-order valence-electron chi connectivity index (χ1n) is 6.90. The minimum atomic E-state index is -0.910. The monoisotopic (exact) mass is 266 g/mol. The van der Waals surface area contributed by atoms with E-state index >= 15 is 0 Å². The lowest BCUT2D eigenvalue weighted by Gasteiger charge is -2.26. The van der Waals surface area contributed by atoms with Crippen molar-refractivity contribution < 1.29 is 19.5 Å². The van der Waals surface area contributed by atoms with Gasteiger partial charge in [0, 0.05) is 13.0 Å². The molecule has 19 heavy (non-hydrogen) atoms. The first-order chi connectivity index (χ1) is 9.08. The number of hydrogen-bond donors (Lipinski definition) is 2. The lowest BCUT2D eigenvalue weighted by Crippen LogP contribution is -2.50. The number of carboxylic acids is 1. The highest BCUT2D eigenvalue weighted by Crippen LogP contribution is 2.42. The van der Waals surface area contributed by atoms with Gasteiger partial charge in [0.25, 0.3) is 0 Å². The summed E-state index contributed by atoms with van der Waals surface area (Å²) in [4.78, 5) is 36.5. The lowest BCUT2D eigenvalue weighted by molar-refractivity contribution is -0.150. The van der Waals surface area contributed by atoms with E-state index in [1.807, 2.05) is 0 Å². The molecule has 3 rings (SSSR count). The van der Waals surface area contributed by atoms with Gasteiger partial charge in [-0.25, -0.2) is 4.79 Å². The normalized spacial score (nSPS) is 37.3. The fourth-order valence-corrected chi connectivity index (χ4v) is 3.85. The van der Waals surface area contributed by atoms with Gasteiger partial charge in [-0.1, -0.05) is 6.42 Å². The summed E-state index contributed by atoms with van der Waals surface area (Å²) in [7, 11) is 0. The van der Waals surface area contributed by atoms with Crippen LogP contribution >= 0.6 is 0 Å². The number of hydrogen-bond acceptors (Lipinski definition) is 3. The van der Waals surface area contributed by atoms with Crippen molar-refractivity contribution >= 4 is 17.8 Å². The van der Waals surface area contributed by atoms with Crippen LogP contribution in [-0.4, -0.2) is 46.4 Å². The molecule has 0 aromatic rings. The molecule has 6 heteroatoms. The van der Waals surface area contributed by atoms with E-state index in [1.54, 1.807) is 0 Å². The molecule has 1 aliphatic carbocycles. The summed E-state index contributed by atoms with van der Waals surface area (Å²) in [5.74, 6) is -0.829. The van der Waals surface area contributed by atoms with E-state index in [0.29, 0.717) is 25.3 Å². The number of carbonyl (C=O) groups excluding carboxylic acids is 2. The lowest BCUT2D eigenvalue weighted by atomic mass is 9.94. The second-order valence-corrected chi connectivity index (χ2v) is 5.79. The standard InChI is InChI=1S/C13H18N2O4/c16-10-5-4-9(14-10)12(17)15-6-7-2-1-3-8(7)11(15)13(18)19/h7-9,11H,1-6H2,(H,14,16)(H,18,19)/t7?,8?,9-,11?/m0/s1. The number of aliphatic carboxylic acids is 1. The fraction of sp³-hybridized carbons (Fsp3) is 0.769. The quantitative estimate of drug-likeness (QED) is 0.735. The Hall–Kier alpha value is -1.59. The van der Waals surface area contributed by atoms with Crippen molar-refractivity contribution in [2.75, 3.05) is 6.54 Å². The SMILES string of the molecule is O=C1CC[C@@H](C(=O)N2CC3CCCC3C2C(=O)O)N1. The van der Waals surface area contributed by atoms with Crippen LogP contribution < -0.4 is 5.32 Å². The topological polar surface area (TPSA) is 86.7 Å². The summed E-state index contributed by atoms with van der Waals surface area (Å²) in [6.45, 7) is 0.535. The fourth-order valence-electron chi connectivity index (χ4n) is 3.85. The largest absolute Gasteiger partial charge is 0.480 e. The van der Waals surface area contributed by atoms with Crippen molar-refractivity contribution in [3.63, 3.8) is 0 Å². The van der Waals surface area contributed by atoms with E-state index < -0.39 is 18.1 Å². The predicted molar refractivity (Wildman–Crippen MR) is 65.1 cm³/mol. The molecule has 0 radical (unpaired) electrons. The van der Waals surface area contributed by atoms with Crippen molar-refractivity contribution in [2.45, 2.75) is 44.2 Å². The molecule has 0 bridgehead atoms. The molecule has 2 aliphatic heterocycles. The van der Waals surface area contributed by atoms with Gasteiger partial charge in [0.05, 0.1) is 0 Å². The van der Waals surface area contributed by atoms with Crippen molar-refractivity contribution in [2.24, 2.45) is 11.8 Å². The van der Waals surface area contributed by atoms with Crippen LogP contribution in [-0.2, 0) is 14.4 Å². The molecular weight excluding hydrogens is 248 g/mol. The minimum Gasteiger partial charge on any atom is -0.480 e. The number of amides is 2. The Morgan fingerprint density at radius 3 is 2.68 bits per heavy atom. The molecule has 3 unspecified atom stereocenters. The highest BCUT2D eigenvalue weighted by atomic mass is 16.4. The van der Waals surface area contributed by atoms with Crippen LogP contribution in [0.1, 0.15) is 32.1 Å². The maximum absolute atomic E-state index is 12.4. The number of fused-ring (bicyclic) bond motifs is 1. The van der Waals surface area contributed by atoms with E-state index in [4.69, 9.17) is 0 Å². The van der Waals surface area contributed by atoms with Gasteiger partial charge in [-0.05, 0) is 31.1 Å². The molecule has 1 saturated carbocycles. The van der Waals surface area contributed by atoms with Gasteiger partial charge in [0.15, 0.2) is 0 Å². The van der Waals surface area contributed by atoms with E-state index in [9.17, 15) is 19.5 Å². The summed E-state index contributed by atoms with van der Waals surface area (Å²) in [6.07, 6.45) is 3.80. The van der Waals surface area contributed by atoms with E-state index in [0.717, 1.165) is 19.3 Å². The summed E-state index contributed by atoms with van der Waals surface area (Å²) in [6, 6.07) is -1.22. The van der Waals surface area contributed by atoms with Crippen LogP contribution in [0.5, 0.6) is 0 Å². The van der Waals surface area contributed by atoms with Crippen LogP contribution in [0, 0.1) is 11.8 Å². The molecule has 2 N–H and O–H groups in total. The molecule has 4 atom stereocenters. The van der Waals surface area contributed by atoms with E-state index in [2.05, 4.69) is 5.32 Å². The van der Waals surface area contributed by atoms with Gasteiger partial charge in [-0.15, -0.1) is 0 Å². The van der Waals surface area contributed by atoms with Crippen LogP contribution in [0.4, 0.5) is 0 Å². The maximum atomic E-state index is 12.4. The second-order valence-electron chi connectivity index (χ2n) is 5.79. The van der Waals surface area contributed by atoms with Crippen LogP contribution in [0.15, 0.2) is 0 Å². The average molecular weight is 266 g/mol. The Morgan fingerprint density at radius 1 is 1.26 bits per heavy atom. The number of nitrogens with zero attached hydrogens (tertiary/aromatic N) is 1. The van der Waals surface area contributed by atoms with Gasteiger partial charge in [-0.2, -0.15) is 0 Å². The summed E-state index contributed by atoms with van der Waals surface area (Å²) in [5.41, 5.74) is 0. The molecule has 0 aromatic heterocycles. The summed E-state index contributed by atoms with van der Waals surface area (Å²) in [5, 5.41) is 12.0. The number of nitrogens with one attached hydrogen (secondary N) is 1. The Bertz CT molecular complexity index is 436. The third-order valence-electron chi connectivity index (χ3n) is 4.72. The second kappa shape index (κ2) is 4.51. The van der Waals surface area contributed by atoms with Crippen LogP contribution in [0.3, 0.4) is 0 Å². The summed E-state index contributed by atoms with van der Waals surface area (Å²) >= 11 is 0. The zero-order chi connectivity index (χ0) is 13.6. The first-order valence-corrected chi connectivity index (χ1v) is 6.90. The average Bonchev–Trinajstić information content (AvgIpc) is 3.00. The van der Waals surface area contributed by atoms with E-state index in [-0.39, 0.29) is 17.7 Å². The molecule has 2 amide bonds. The molecule has 6 nitrogen and oxygen atoms in total. The minimum absolute atomic E-state index is 0.0959. The zero-order valence-electron chi connectivity index (χ0n) is 10.7. The van der Waals surface area contributed by atoms with Crippen molar-refractivity contribution in [3.05, 3.63) is 0 Å². The Kier molecular flexibility index (Phi) is 2.95. The third-order valence-corrected chi connectivity index (χ3v) is 4.72. The highest BCUT2D eigenvalue weighted by molar-refractivity contribution is 5.93. The Balaban J connectivity index is 1.77. The van der Waals surface area contributed by atoms with Gasteiger partial charge in [0.2, 0.25) is 11.8 Å². The highest BCUT2D eigenvalue weighted by Gasteiger charge is 2.50. The van der Waals surface area contributed by atoms with Gasteiger partial charge in [-0.3, -0.25) is 9.59 Å². The molecule has 3 aliphatic rings. The van der Waals surface area contributed by atoms with Crippen molar-refractivity contribution in [1.29, 1.82) is 0 Å². The zero-order valence-corrected chi connectivity index (χ0v) is 10.7. The van der Waals surface area contributed by atoms with Crippen LogP contribution in [0.2, 0.25) is 0 Å². The van der Waals surface area contributed by atoms with E-state index in [1.165, 1.54) is 4.90 Å². The number of carboxylic acid groups (broad SMARTS) is 1. The molecule has 104 valence electrons.